The maximum Gasteiger partial charge on any atom is 0.155 e. The van der Waals surface area contributed by atoms with Gasteiger partial charge in [-0.2, -0.15) is 0 Å². The molecule has 17 heavy (non-hydrogen) atoms. The third-order valence-corrected chi connectivity index (χ3v) is 5.26. The highest BCUT2D eigenvalue weighted by atomic mass is 35.5. The van der Waals surface area contributed by atoms with E-state index in [4.69, 9.17) is 4.74 Å². The van der Waals surface area contributed by atoms with E-state index in [9.17, 15) is 0 Å². The van der Waals surface area contributed by atoms with E-state index < -0.39 is 0 Å². The average Bonchev–Trinajstić information content (AvgIpc) is 2.29. The van der Waals surface area contributed by atoms with Gasteiger partial charge in [-0.25, -0.2) is 0 Å². The predicted molar refractivity (Wildman–Crippen MR) is 71.3 cm³/mol. The Morgan fingerprint density at radius 2 is 1.53 bits per heavy atom. The Hall–Kier alpha value is -0.180. The molecule has 3 heteroatoms. The highest BCUT2D eigenvalue weighted by Crippen LogP contribution is 2.24. The highest BCUT2D eigenvalue weighted by molar-refractivity contribution is 7.97. The van der Waals surface area contributed by atoms with Crippen LogP contribution in [0.2, 0.25) is 0 Å². The van der Waals surface area contributed by atoms with Crippen LogP contribution in [0.5, 0.6) is 0 Å². The molecule has 96 valence electrons. The number of rotatable bonds is 1. The Kier molecular flexibility index (Phi) is 5.36. The summed E-state index contributed by atoms with van der Waals surface area (Å²) in [4.78, 5) is 1.51. The van der Waals surface area contributed by atoms with Crippen LogP contribution in [0.25, 0.3) is 0 Å². The molecule has 1 heterocycles. The number of hydrogen-bond donors (Lipinski definition) is 0. The molecule has 1 aromatic carbocycles. The molecule has 0 aliphatic carbocycles. The van der Waals surface area contributed by atoms with Crippen molar-refractivity contribution in [3.05, 3.63) is 29.8 Å². The first kappa shape index (κ1) is 14.9. The van der Waals surface area contributed by atoms with Crippen LogP contribution in [-0.4, -0.2) is 24.7 Å². The largest absolute Gasteiger partial charge is 1.00 e. The monoisotopic (exact) mass is 272 g/mol. The van der Waals surface area contributed by atoms with Crippen LogP contribution < -0.4 is 12.4 Å². The lowest BCUT2D eigenvalue weighted by molar-refractivity contribution is -0.00000452. The normalized spacial score (nSPS) is 17.6. The third-order valence-electron chi connectivity index (χ3n) is 3.00. The molecular formula is C14H21ClOS. The van der Waals surface area contributed by atoms with Gasteiger partial charge in [0.2, 0.25) is 0 Å². The summed E-state index contributed by atoms with van der Waals surface area (Å²) in [6, 6.07) is 9.21. The van der Waals surface area contributed by atoms with Gasteiger partial charge in [0.1, 0.15) is 11.5 Å². The molecular weight excluding hydrogens is 252 g/mol. The summed E-state index contributed by atoms with van der Waals surface area (Å²) in [5.41, 5.74) is 1.69. The standard InChI is InChI=1S/C14H21OS.ClH/c1-14(2,3)12-4-6-13(7-5-12)16-10-8-15-9-11-16;/h4-7H,8-11H2,1-3H3;1H/q+1;/p-1. The maximum atomic E-state index is 5.41. The van der Waals surface area contributed by atoms with Crippen LogP contribution in [0.15, 0.2) is 29.2 Å². The van der Waals surface area contributed by atoms with E-state index in [1.165, 1.54) is 22.0 Å². The fourth-order valence-electron chi connectivity index (χ4n) is 1.91. The third kappa shape index (κ3) is 3.90. The van der Waals surface area contributed by atoms with Gasteiger partial charge in [0, 0.05) is 10.9 Å². The molecule has 2 rings (SSSR count). The van der Waals surface area contributed by atoms with Crippen LogP contribution in [-0.2, 0) is 21.0 Å². The smallest absolute Gasteiger partial charge is 0.155 e. The summed E-state index contributed by atoms with van der Waals surface area (Å²) in [5.74, 6) is 2.41. The van der Waals surface area contributed by atoms with Gasteiger partial charge in [0.15, 0.2) is 4.90 Å². The summed E-state index contributed by atoms with van der Waals surface area (Å²) in [5, 5.41) is 0. The number of hydrogen-bond acceptors (Lipinski definition) is 1. The van der Waals surface area contributed by atoms with E-state index >= 15 is 0 Å². The van der Waals surface area contributed by atoms with E-state index in [0.717, 1.165) is 13.2 Å². The molecule has 0 radical (unpaired) electrons. The van der Waals surface area contributed by atoms with E-state index in [-0.39, 0.29) is 17.8 Å². The van der Waals surface area contributed by atoms with Crippen molar-refractivity contribution in [2.75, 3.05) is 24.7 Å². The second-order valence-electron chi connectivity index (χ2n) is 5.29. The van der Waals surface area contributed by atoms with Gasteiger partial charge in [-0.3, -0.25) is 0 Å². The van der Waals surface area contributed by atoms with E-state index in [1.807, 2.05) is 0 Å². The minimum atomic E-state index is 0. The lowest BCUT2D eigenvalue weighted by Gasteiger charge is -2.19. The Morgan fingerprint density at radius 3 is 2.00 bits per heavy atom. The summed E-state index contributed by atoms with van der Waals surface area (Å²) in [6.45, 7) is 8.66. The zero-order valence-corrected chi connectivity index (χ0v) is 12.4. The minimum Gasteiger partial charge on any atom is -1.00 e. The molecule has 0 N–H and O–H groups in total. The molecule has 0 bridgehead atoms. The minimum absolute atomic E-state index is 0. The molecule has 0 saturated carbocycles. The summed E-state index contributed by atoms with van der Waals surface area (Å²) in [7, 11) is 0.432. The fraction of sp³-hybridized carbons (Fsp3) is 0.571. The molecule has 1 aromatic rings. The van der Waals surface area contributed by atoms with Crippen molar-refractivity contribution in [3.8, 4) is 0 Å². The first-order valence-corrected chi connectivity index (χ1v) is 7.49. The molecule has 0 spiro atoms. The number of ether oxygens (including phenoxy) is 1. The first-order chi connectivity index (χ1) is 7.57. The van der Waals surface area contributed by atoms with Crippen molar-refractivity contribution in [3.63, 3.8) is 0 Å². The van der Waals surface area contributed by atoms with Crippen molar-refractivity contribution in [2.24, 2.45) is 0 Å². The SMILES string of the molecule is CC(C)(C)c1ccc([S+]2CCOCC2)cc1.[Cl-]. The van der Waals surface area contributed by atoms with E-state index in [1.54, 1.807) is 0 Å². The van der Waals surface area contributed by atoms with Gasteiger partial charge in [-0.05, 0) is 23.1 Å². The lowest BCUT2D eigenvalue weighted by Crippen LogP contribution is -3.00. The van der Waals surface area contributed by atoms with Crippen LogP contribution in [0.1, 0.15) is 26.3 Å². The van der Waals surface area contributed by atoms with Crippen LogP contribution in [0.3, 0.4) is 0 Å². The molecule has 0 unspecified atom stereocenters. The van der Waals surface area contributed by atoms with Crippen molar-refractivity contribution >= 4 is 10.9 Å². The lowest BCUT2D eigenvalue weighted by atomic mass is 9.87. The van der Waals surface area contributed by atoms with Crippen molar-refractivity contribution in [2.45, 2.75) is 31.1 Å². The molecule has 0 atom stereocenters. The summed E-state index contributed by atoms with van der Waals surface area (Å²) < 4.78 is 5.41. The maximum absolute atomic E-state index is 5.41. The van der Waals surface area contributed by atoms with Gasteiger partial charge in [-0.1, -0.05) is 32.9 Å². The van der Waals surface area contributed by atoms with Gasteiger partial charge in [-0.15, -0.1) is 0 Å². The van der Waals surface area contributed by atoms with Gasteiger partial charge in [0.25, 0.3) is 0 Å². The fourth-order valence-corrected chi connectivity index (χ4v) is 3.74. The van der Waals surface area contributed by atoms with Crippen molar-refractivity contribution in [1.29, 1.82) is 0 Å². The zero-order chi connectivity index (χ0) is 11.6. The highest BCUT2D eigenvalue weighted by Gasteiger charge is 2.25. The molecule has 1 saturated heterocycles. The molecule has 0 aromatic heterocycles. The summed E-state index contributed by atoms with van der Waals surface area (Å²) >= 11 is 0. The predicted octanol–water partition coefficient (Wildman–Crippen LogP) is -0.00450. The van der Waals surface area contributed by atoms with Gasteiger partial charge in [0.05, 0.1) is 13.2 Å². The van der Waals surface area contributed by atoms with E-state index in [2.05, 4.69) is 45.0 Å². The number of benzene rings is 1. The van der Waals surface area contributed by atoms with Gasteiger partial charge < -0.3 is 17.1 Å². The van der Waals surface area contributed by atoms with Crippen molar-refractivity contribution < 1.29 is 17.1 Å². The molecule has 0 amide bonds. The first-order valence-electron chi connectivity index (χ1n) is 5.93. The zero-order valence-electron chi connectivity index (χ0n) is 10.8. The quantitative estimate of drug-likeness (QED) is 0.654. The van der Waals surface area contributed by atoms with Crippen LogP contribution in [0.4, 0.5) is 0 Å². The Morgan fingerprint density at radius 1 is 1.00 bits per heavy atom. The Bertz CT molecular complexity index is 336. The number of halogens is 1. The average molecular weight is 273 g/mol. The Balaban J connectivity index is 0.00000144. The van der Waals surface area contributed by atoms with Gasteiger partial charge >= 0.3 is 0 Å². The topological polar surface area (TPSA) is 9.23 Å². The van der Waals surface area contributed by atoms with E-state index in [0.29, 0.717) is 10.9 Å². The van der Waals surface area contributed by atoms with Crippen LogP contribution >= 0.6 is 0 Å². The molecule has 1 aliphatic rings. The van der Waals surface area contributed by atoms with Crippen molar-refractivity contribution in [1.82, 2.24) is 0 Å². The summed E-state index contributed by atoms with van der Waals surface area (Å²) in [6.07, 6.45) is 0. The van der Waals surface area contributed by atoms with Crippen LogP contribution in [0, 0.1) is 0 Å². The molecule has 1 fully saturated rings. The molecule has 1 aliphatic heterocycles. The second kappa shape index (κ2) is 6.12. The Labute approximate surface area is 114 Å². The second-order valence-corrected chi connectivity index (χ2v) is 7.56. The molecule has 1 nitrogen and oxygen atoms in total.